The van der Waals surface area contributed by atoms with Gasteiger partial charge in [0, 0.05) is 18.3 Å². The molecule has 0 aliphatic rings. The first kappa shape index (κ1) is 22.0. The van der Waals surface area contributed by atoms with Crippen LogP contribution in [0.4, 0.5) is 11.4 Å². The number of thiocarbonyl (C=S) groups is 1. The molecular weight excluding hydrogens is 414 g/mol. The Morgan fingerprint density at radius 3 is 2.39 bits per heavy atom. The predicted molar refractivity (Wildman–Crippen MR) is 126 cm³/mol. The van der Waals surface area contributed by atoms with Crippen LogP contribution in [-0.2, 0) is 6.42 Å². The van der Waals surface area contributed by atoms with Crippen LogP contribution in [0.15, 0.2) is 66.7 Å². The van der Waals surface area contributed by atoms with Crippen molar-refractivity contribution in [2.24, 2.45) is 0 Å². The van der Waals surface area contributed by atoms with Gasteiger partial charge in [-0.1, -0.05) is 30.3 Å². The van der Waals surface area contributed by atoms with E-state index in [0.717, 1.165) is 23.2 Å². The zero-order valence-corrected chi connectivity index (χ0v) is 18.1. The fraction of sp³-hybridized carbons (Fsp3) is 0.174. The smallest absolute Gasteiger partial charge is 0.277 e. The standard InChI is InChI=1S/C23H23N3O4S/c1-29-21-12-7-16(15-22(21)30-2)13-14-24-23(31)25-18-10-8-17(9-11-18)19-5-3-4-6-20(19)26(27)28/h3-12,15H,13-14H2,1-2H3,(H2,24,25,31). The lowest BCUT2D eigenvalue weighted by molar-refractivity contribution is -0.384. The van der Waals surface area contributed by atoms with Crippen molar-refractivity contribution in [2.45, 2.75) is 6.42 Å². The van der Waals surface area contributed by atoms with Crippen molar-refractivity contribution in [2.75, 3.05) is 26.1 Å². The summed E-state index contributed by atoms with van der Waals surface area (Å²) >= 11 is 5.36. The fourth-order valence-corrected chi connectivity index (χ4v) is 3.36. The summed E-state index contributed by atoms with van der Waals surface area (Å²) in [6.45, 7) is 0.648. The Bertz CT molecular complexity index is 1070. The second-order valence-electron chi connectivity index (χ2n) is 6.67. The lowest BCUT2D eigenvalue weighted by atomic mass is 10.0. The summed E-state index contributed by atoms with van der Waals surface area (Å²) in [7, 11) is 3.22. The van der Waals surface area contributed by atoms with Crippen LogP contribution in [0, 0.1) is 10.1 Å². The fourth-order valence-electron chi connectivity index (χ4n) is 3.14. The van der Waals surface area contributed by atoms with Crippen LogP contribution in [0.25, 0.3) is 11.1 Å². The Hall–Kier alpha value is -3.65. The molecule has 3 aromatic rings. The highest BCUT2D eigenvalue weighted by atomic mass is 32.1. The topological polar surface area (TPSA) is 85.7 Å². The molecule has 0 atom stereocenters. The summed E-state index contributed by atoms with van der Waals surface area (Å²) in [5.74, 6) is 1.39. The minimum Gasteiger partial charge on any atom is -0.493 e. The van der Waals surface area contributed by atoms with E-state index in [1.165, 1.54) is 6.07 Å². The van der Waals surface area contributed by atoms with E-state index in [4.69, 9.17) is 21.7 Å². The summed E-state index contributed by atoms with van der Waals surface area (Å²) in [5.41, 5.74) is 3.32. The molecule has 0 radical (unpaired) electrons. The minimum atomic E-state index is -0.376. The second kappa shape index (κ2) is 10.4. The summed E-state index contributed by atoms with van der Waals surface area (Å²) in [6, 6.07) is 19.8. The van der Waals surface area contributed by atoms with E-state index in [1.807, 2.05) is 42.5 Å². The number of ether oxygens (including phenoxy) is 2. The quantitative estimate of drug-likeness (QED) is 0.297. The molecule has 0 spiro atoms. The van der Waals surface area contributed by atoms with Gasteiger partial charge in [-0.2, -0.15) is 0 Å². The number of nitro benzene ring substituents is 1. The molecule has 0 saturated heterocycles. The molecule has 3 rings (SSSR count). The Labute approximate surface area is 186 Å². The van der Waals surface area contributed by atoms with Crippen LogP contribution in [0.1, 0.15) is 5.56 Å². The Morgan fingerprint density at radius 1 is 1.00 bits per heavy atom. The molecule has 160 valence electrons. The highest BCUT2D eigenvalue weighted by Gasteiger charge is 2.13. The van der Waals surface area contributed by atoms with E-state index in [2.05, 4.69) is 10.6 Å². The number of nitrogens with zero attached hydrogens (tertiary/aromatic N) is 1. The molecule has 31 heavy (non-hydrogen) atoms. The number of hydrogen-bond donors (Lipinski definition) is 2. The average Bonchev–Trinajstić information content (AvgIpc) is 2.79. The van der Waals surface area contributed by atoms with Gasteiger partial charge < -0.3 is 20.1 Å². The molecule has 2 N–H and O–H groups in total. The van der Waals surface area contributed by atoms with Gasteiger partial charge in [-0.05, 0) is 60.1 Å². The molecule has 7 nitrogen and oxygen atoms in total. The van der Waals surface area contributed by atoms with Crippen molar-refractivity contribution in [1.82, 2.24) is 5.32 Å². The van der Waals surface area contributed by atoms with Gasteiger partial charge in [0.05, 0.1) is 24.7 Å². The molecule has 0 amide bonds. The third-order valence-electron chi connectivity index (χ3n) is 4.70. The monoisotopic (exact) mass is 437 g/mol. The summed E-state index contributed by atoms with van der Waals surface area (Å²) < 4.78 is 10.6. The number of rotatable bonds is 8. The molecule has 0 heterocycles. The van der Waals surface area contributed by atoms with Crippen LogP contribution < -0.4 is 20.1 Å². The second-order valence-corrected chi connectivity index (χ2v) is 7.08. The largest absolute Gasteiger partial charge is 0.493 e. The Kier molecular flexibility index (Phi) is 7.40. The molecule has 8 heteroatoms. The summed E-state index contributed by atoms with van der Waals surface area (Å²) in [6.07, 6.45) is 0.763. The average molecular weight is 438 g/mol. The number of anilines is 1. The molecule has 0 bridgehead atoms. The number of methoxy groups -OCH3 is 2. The molecule has 0 saturated carbocycles. The first-order chi connectivity index (χ1) is 15.0. The third-order valence-corrected chi connectivity index (χ3v) is 4.95. The maximum atomic E-state index is 11.2. The highest BCUT2D eigenvalue weighted by Crippen LogP contribution is 2.30. The van der Waals surface area contributed by atoms with Gasteiger partial charge in [-0.15, -0.1) is 0 Å². The first-order valence-electron chi connectivity index (χ1n) is 9.61. The van der Waals surface area contributed by atoms with E-state index < -0.39 is 0 Å². The normalized spacial score (nSPS) is 10.3. The van der Waals surface area contributed by atoms with Gasteiger partial charge in [0.2, 0.25) is 0 Å². The maximum Gasteiger partial charge on any atom is 0.277 e. The molecule has 0 fully saturated rings. The number of hydrogen-bond acceptors (Lipinski definition) is 5. The number of para-hydroxylation sites is 1. The van der Waals surface area contributed by atoms with Crippen LogP contribution in [-0.4, -0.2) is 30.8 Å². The molecule has 3 aromatic carbocycles. The lowest BCUT2D eigenvalue weighted by Gasteiger charge is -2.12. The molecular formula is C23H23N3O4S. The SMILES string of the molecule is COc1ccc(CCNC(=S)Nc2ccc(-c3ccccc3[N+](=O)[O-])cc2)cc1OC. The van der Waals surface area contributed by atoms with Crippen LogP contribution in [0.3, 0.4) is 0 Å². The van der Waals surface area contributed by atoms with Gasteiger partial charge in [0.15, 0.2) is 16.6 Å². The Balaban J connectivity index is 1.55. The molecule has 0 aliphatic heterocycles. The van der Waals surface area contributed by atoms with Crippen molar-refractivity contribution in [1.29, 1.82) is 0 Å². The molecule has 0 unspecified atom stereocenters. The Morgan fingerprint density at radius 2 is 1.71 bits per heavy atom. The zero-order valence-electron chi connectivity index (χ0n) is 17.3. The van der Waals surface area contributed by atoms with Crippen molar-refractivity contribution in [3.05, 3.63) is 82.4 Å². The van der Waals surface area contributed by atoms with Crippen molar-refractivity contribution >= 4 is 28.7 Å². The first-order valence-corrected chi connectivity index (χ1v) is 10.0. The highest BCUT2D eigenvalue weighted by molar-refractivity contribution is 7.80. The van der Waals surface area contributed by atoms with Gasteiger partial charge >= 0.3 is 0 Å². The van der Waals surface area contributed by atoms with Gasteiger partial charge in [-0.25, -0.2) is 0 Å². The van der Waals surface area contributed by atoms with Gasteiger partial charge in [0.1, 0.15) is 0 Å². The van der Waals surface area contributed by atoms with Crippen LogP contribution in [0.5, 0.6) is 11.5 Å². The van der Waals surface area contributed by atoms with E-state index in [-0.39, 0.29) is 10.6 Å². The van der Waals surface area contributed by atoms with Gasteiger partial charge in [-0.3, -0.25) is 10.1 Å². The van der Waals surface area contributed by atoms with Crippen LogP contribution >= 0.6 is 12.2 Å². The predicted octanol–water partition coefficient (Wildman–Crippen LogP) is 4.81. The van der Waals surface area contributed by atoms with E-state index in [9.17, 15) is 10.1 Å². The van der Waals surface area contributed by atoms with Crippen molar-refractivity contribution in [3.8, 4) is 22.6 Å². The van der Waals surface area contributed by atoms with E-state index >= 15 is 0 Å². The number of nitro groups is 1. The maximum absolute atomic E-state index is 11.2. The molecule has 0 aliphatic carbocycles. The van der Waals surface area contributed by atoms with Crippen LogP contribution in [0.2, 0.25) is 0 Å². The lowest BCUT2D eigenvalue weighted by Crippen LogP contribution is -2.30. The number of nitrogens with one attached hydrogen (secondary N) is 2. The molecule has 0 aromatic heterocycles. The minimum absolute atomic E-state index is 0.0792. The number of benzene rings is 3. The summed E-state index contributed by atoms with van der Waals surface area (Å²) in [5, 5.41) is 18.0. The third kappa shape index (κ3) is 5.70. The van der Waals surface area contributed by atoms with E-state index in [0.29, 0.717) is 28.7 Å². The van der Waals surface area contributed by atoms with E-state index in [1.54, 1.807) is 32.4 Å². The van der Waals surface area contributed by atoms with Crippen molar-refractivity contribution < 1.29 is 14.4 Å². The van der Waals surface area contributed by atoms with Gasteiger partial charge in [0.25, 0.3) is 5.69 Å². The zero-order chi connectivity index (χ0) is 22.2. The summed E-state index contributed by atoms with van der Waals surface area (Å²) in [4.78, 5) is 10.9. The van der Waals surface area contributed by atoms with Crippen molar-refractivity contribution in [3.63, 3.8) is 0 Å².